The molecule has 0 aromatic carbocycles. The second-order valence-corrected chi connectivity index (χ2v) is 5.77. The lowest BCUT2D eigenvalue weighted by molar-refractivity contribution is -0.145. The summed E-state index contributed by atoms with van der Waals surface area (Å²) in [6.07, 6.45) is 5.38. The first kappa shape index (κ1) is 16.0. The molecule has 1 heterocycles. The van der Waals surface area contributed by atoms with Crippen molar-refractivity contribution in [1.29, 1.82) is 0 Å². The normalized spacial score (nSPS) is 24.5. The van der Waals surface area contributed by atoms with Crippen LogP contribution in [0, 0.1) is 0 Å². The minimum absolute atomic E-state index is 0.000417. The Hall–Kier alpha value is -1.08. The second-order valence-electron chi connectivity index (χ2n) is 4.42. The third kappa shape index (κ3) is 6.07. The van der Waals surface area contributed by atoms with E-state index < -0.39 is 22.4 Å². The van der Waals surface area contributed by atoms with E-state index >= 15 is 0 Å². The number of ether oxygens (including phenoxy) is 1. The molecule has 0 aliphatic carbocycles. The van der Waals surface area contributed by atoms with Crippen LogP contribution in [0.4, 0.5) is 0 Å². The first-order valence-corrected chi connectivity index (χ1v) is 7.90. The van der Waals surface area contributed by atoms with Gasteiger partial charge in [-0.1, -0.05) is 25.8 Å². The van der Waals surface area contributed by atoms with Gasteiger partial charge < -0.3 is 4.74 Å². The number of esters is 1. The predicted molar refractivity (Wildman–Crippen MR) is 70.4 cm³/mol. The highest BCUT2D eigenvalue weighted by molar-refractivity contribution is 7.84. The molecule has 0 unspecified atom stereocenters. The van der Waals surface area contributed by atoms with E-state index in [-0.39, 0.29) is 6.61 Å². The molecule has 0 amide bonds. The average molecular weight is 291 g/mol. The van der Waals surface area contributed by atoms with E-state index in [4.69, 9.17) is 4.74 Å². The van der Waals surface area contributed by atoms with Crippen LogP contribution >= 0.6 is 0 Å². The van der Waals surface area contributed by atoms with Crippen molar-refractivity contribution in [2.75, 3.05) is 6.61 Å². The molecule has 0 radical (unpaired) electrons. The molecule has 6 nitrogen and oxygen atoms in total. The maximum absolute atomic E-state index is 11.5. The molecule has 1 fully saturated rings. The maximum atomic E-state index is 11.5. The Morgan fingerprint density at radius 2 is 2.26 bits per heavy atom. The Bertz CT molecular complexity index is 429. The minimum Gasteiger partial charge on any atom is -0.456 e. The fourth-order valence-electron chi connectivity index (χ4n) is 1.81. The fraction of sp³-hybridized carbons (Fsp3) is 0.750. The maximum Gasteiger partial charge on any atom is 0.359 e. The summed E-state index contributed by atoms with van der Waals surface area (Å²) in [5.41, 5.74) is 0.392. The third-order valence-electron chi connectivity index (χ3n) is 2.69. The largest absolute Gasteiger partial charge is 0.456 e. The summed E-state index contributed by atoms with van der Waals surface area (Å²) in [5, 5.41) is 0. The SMILES string of the molecule is CCCCC/C=C1/NS(=O)(=O)OCC[C@H]1OC(C)=O. The number of hydrogen-bond donors (Lipinski definition) is 1. The number of carbonyl (C=O) groups excluding carboxylic acids is 1. The highest BCUT2D eigenvalue weighted by Crippen LogP contribution is 2.17. The third-order valence-corrected chi connectivity index (χ3v) is 3.65. The molecule has 1 saturated heterocycles. The molecule has 19 heavy (non-hydrogen) atoms. The summed E-state index contributed by atoms with van der Waals surface area (Å²) in [4.78, 5) is 11.0. The lowest BCUT2D eigenvalue weighted by atomic mass is 10.1. The lowest BCUT2D eigenvalue weighted by Crippen LogP contribution is -2.29. The van der Waals surface area contributed by atoms with Gasteiger partial charge in [-0.2, -0.15) is 8.42 Å². The van der Waals surface area contributed by atoms with Gasteiger partial charge in [0.15, 0.2) is 0 Å². The number of hydrogen-bond acceptors (Lipinski definition) is 5. The first-order chi connectivity index (χ1) is 8.94. The molecule has 0 saturated carbocycles. The summed E-state index contributed by atoms with van der Waals surface area (Å²) in [5.74, 6) is -0.439. The zero-order valence-electron chi connectivity index (χ0n) is 11.3. The quantitative estimate of drug-likeness (QED) is 0.615. The minimum atomic E-state index is -3.79. The van der Waals surface area contributed by atoms with Crippen molar-refractivity contribution >= 4 is 16.3 Å². The van der Waals surface area contributed by atoms with Crippen LogP contribution in [0.1, 0.15) is 46.0 Å². The molecule has 0 spiro atoms. The molecule has 1 aliphatic rings. The Morgan fingerprint density at radius 3 is 2.89 bits per heavy atom. The predicted octanol–water partition coefficient (Wildman–Crippen LogP) is 1.64. The highest BCUT2D eigenvalue weighted by atomic mass is 32.2. The van der Waals surface area contributed by atoms with Gasteiger partial charge in [0.25, 0.3) is 0 Å². The van der Waals surface area contributed by atoms with Crippen molar-refractivity contribution in [1.82, 2.24) is 4.72 Å². The Kier molecular flexibility index (Phi) is 6.30. The van der Waals surface area contributed by atoms with E-state index in [0.29, 0.717) is 12.1 Å². The van der Waals surface area contributed by atoms with Gasteiger partial charge in [-0.15, -0.1) is 0 Å². The van der Waals surface area contributed by atoms with Crippen LogP contribution in [-0.2, 0) is 24.0 Å². The van der Waals surface area contributed by atoms with Gasteiger partial charge in [0.1, 0.15) is 6.10 Å². The van der Waals surface area contributed by atoms with Gasteiger partial charge in [0.2, 0.25) is 0 Å². The van der Waals surface area contributed by atoms with E-state index in [1.54, 1.807) is 6.08 Å². The summed E-state index contributed by atoms with van der Waals surface area (Å²) in [6, 6.07) is 0. The molecular formula is C12H21NO5S. The van der Waals surface area contributed by atoms with Gasteiger partial charge in [0.05, 0.1) is 12.3 Å². The molecule has 7 heteroatoms. The van der Waals surface area contributed by atoms with Crippen molar-refractivity contribution in [3.8, 4) is 0 Å². The monoisotopic (exact) mass is 291 g/mol. The molecule has 0 aromatic rings. The van der Waals surface area contributed by atoms with E-state index in [2.05, 4.69) is 15.8 Å². The van der Waals surface area contributed by atoms with Gasteiger partial charge in [0, 0.05) is 13.3 Å². The van der Waals surface area contributed by atoms with Crippen molar-refractivity contribution in [2.45, 2.75) is 52.1 Å². The zero-order chi connectivity index (χ0) is 14.3. The van der Waals surface area contributed by atoms with Crippen LogP contribution in [0.3, 0.4) is 0 Å². The molecule has 0 aromatic heterocycles. The summed E-state index contributed by atoms with van der Waals surface area (Å²) >= 11 is 0. The van der Waals surface area contributed by atoms with E-state index in [0.717, 1.165) is 25.7 Å². The van der Waals surface area contributed by atoms with Crippen LogP contribution in [0.15, 0.2) is 11.8 Å². The number of rotatable bonds is 5. The second kappa shape index (κ2) is 7.49. The van der Waals surface area contributed by atoms with Gasteiger partial charge in [-0.3, -0.25) is 13.7 Å². The molecule has 110 valence electrons. The van der Waals surface area contributed by atoms with E-state index in [9.17, 15) is 13.2 Å². The van der Waals surface area contributed by atoms with Crippen molar-refractivity contribution in [2.24, 2.45) is 0 Å². The lowest BCUT2D eigenvalue weighted by Gasteiger charge is -2.17. The average Bonchev–Trinajstić information content (AvgIpc) is 2.43. The van der Waals surface area contributed by atoms with Crippen LogP contribution in [0.2, 0.25) is 0 Å². The topological polar surface area (TPSA) is 81.7 Å². The van der Waals surface area contributed by atoms with E-state index in [1.165, 1.54) is 6.92 Å². The Labute approximate surface area is 114 Å². The Balaban J connectivity index is 2.77. The smallest absolute Gasteiger partial charge is 0.359 e. The summed E-state index contributed by atoms with van der Waals surface area (Å²) in [6.45, 7) is 3.39. The molecule has 0 bridgehead atoms. The number of nitrogens with one attached hydrogen (secondary N) is 1. The van der Waals surface area contributed by atoms with E-state index in [1.807, 2.05) is 0 Å². The number of allylic oxidation sites excluding steroid dienone is 1. The molecule has 1 atom stereocenters. The number of carbonyl (C=O) groups is 1. The number of unbranched alkanes of at least 4 members (excludes halogenated alkanes) is 3. The Morgan fingerprint density at radius 1 is 1.53 bits per heavy atom. The molecule has 1 rings (SSSR count). The van der Waals surface area contributed by atoms with Crippen LogP contribution < -0.4 is 4.72 Å². The standard InChI is InChI=1S/C12H21NO5S/c1-3-4-5-6-7-11-12(18-10(2)14)8-9-17-19(15,16)13-11/h7,12-13H,3-6,8-9H2,1-2H3/b11-7+/t12-/m1/s1. The van der Waals surface area contributed by atoms with Crippen molar-refractivity contribution in [3.05, 3.63) is 11.8 Å². The molecule has 1 N–H and O–H groups in total. The van der Waals surface area contributed by atoms with Gasteiger partial charge >= 0.3 is 16.3 Å². The van der Waals surface area contributed by atoms with Gasteiger partial charge in [-0.05, 0) is 12.8 Å². The fourth-order valence-corrected chi connectivity index (χ4v) is 2.69. The van der Waals surface area contributed by atoms with Crippen molar-refractivity contribution < 1.29 is 22.1 Å². The van der Waals surface area contributed by atoms with Crippen LogP contribution in [-0.4, -0.2) is 27.1 Å². The van der Waals surface area contributed by atoms with Crippen LogP contribution in [0.5, 0.6) is 0 Å². The summed E-state index contributed by atoms with van der Waals surface area (Å²) < 4.78 is 35.1. The van der Waals surface area contributed by atoms with Crippen LogP contribution in [0.25, 0.3) is 0 Å². The summed E-state index contributed by atoms with van der Waals surface area (Å²) in [7, 11) is -3.79. The van der Waals surface area contributed by atoms with Crippen molar-refractivity contribution in [3.63, 3.8) is 0 Å². The molecular weight excluding hydrogens is 270 g/mol. The highest BCUT2D eigenvalue weighted by Gasteiger charge is 2.26. The molecule has 1 aliphatic heterocycles. The zero-order valence-corrected chi connectivity index (χ0v) is 12.2. The van der Waals surface area contributed by atoms with Gasteiger partial charge in [-0.25, -0.2) is 0 Å². The first-order valence-electron chi connectivity index (χ1n) is 6.49.